The zero-order valence-electron chi connectivity index (χ0n) is 20.9. The molecule has 7 nitrogen and oxygen atoms in total. The molecule has 0 aliphatic carbocycles. The molecule has 0 unspecified atom stereocenters. The second-order valence-electron chi connectivity index (χ2n) is 9.42. The van der Waals surface area contributed by atoms with Crippen molar-refractivity contribution in [2.45, 2.75) is 32.5 Å². The summed E-state index contributed by atoms with van der Waals surface area (Å²) in [6.45, 7) is 6.40. The largest absolute Gasteiger partial charge is 0.472 e. The Morgan fingerprint density at radius 3 is 2.68 bits per heavy atom. The van der Waals surface area contributed by atoms with E-state index in [4.69, 9.17) is 4.74 Å². The lowest BCUT2D eigenvalue weighted by molar-refractivity contribution is 0.0325. The molecule has 0 fully saturated rings. The third-order valence-electron chi connectivity index (χ3n) is 5.94. The third-order valence-corrected chi connectivity index (χ3v) is 5.94. The molecule has 3 atom stereocenters. The van der Waals surface area contributed by atoms with Gasteiger partial charge in [-0.2, -0.15) is 0 Å². The maximum Gasteiger partial charge on any atom is 0.259 e. The molecule has 3 rings (SSSR count). The number of carbonyl (C=O) groups excluding carboxylic acids is 1. The van der Waals surface area contributed by atoms with Crippen LogP contribution in [0.2, 0.25) is 0 Å². The summed E-state index contributed by atoms with van der Waals surface area (Å²) in [4.78, 5) is 23.9. The monoisotopic (exact) mass is 464 g/mol. The van der Waals surface area contributed by atoms with Crippen LogP contribution < -0.4 is 4.74 Å². The molecule has 0 saturated heterocycles. The number of fused-ring (bicyclic) bond motifs is 1. The number of aliphatic hydroxyl groups excluding tert-OH is 1. The third kappa shape index (κ3) is 6.80. The number of benzene rings is 1. The topological polar surface area (TPSA) is 69.1 Å². The van der Waals surface area contributed by atoms with E-state index in [0.717, 1.165) is 6.54 Å². The van der Waals surface area contributed by atoms with Crippen molar-refractivity contribution in [1.82, 2.24) is 19.7 Å². The highest BCUT2D eigenvalue weighted by molar-refractivity contribution is 5.97. The molecule has 182 valence electrons. The summed E-state index contributed by atoms with van der Waals surface area (Å²) in [5, 5.41) is 9.82. The van der Waals surface area contributed by atoms with Gasteiger partial charge in [-0.05, 0) is 39.7 Å². The smallest absolute Gasteiger partial charge is 0.259 e. The van der Waals surface area contributed by atoms with E-state index in [1.807, 2.05) is 44.1 Å². The first-order chi connectivity index (χ1) is 16.3. The fourth-order valence-corrected chi connectivity index (χ4v) is 3.96. The number of pyridine rings is 1. The maximum absolute atomic E-state index is 13.5. The van der Waals surface area contributed by atoms with Gasteiger partial charge < -0.3 is 14.7 Å². The van der Waals surface area contributed by atoms with Gasteiger partial charge in [0, 0.05) is 37.3 Å². The van der Waals surface area contributed by atoms with Gasteiger partial charge in [0.1, 0.15) is 11.7 Å². The fourth-order valence-electron chi connectivity index (χ4n) is 3.96. The van der Waals surface area contributed by atoms with Gasteiger partial charge in [0.2, 0.25) is 5.88 Å². The molecule has 0 spiro atoms. The molecule has 7 heteroatoms. The first-order valence-electron chi connectivity index (χ1n) is 11.7. The van der Waals surface area contributed by atoms with Crippen molar-refractivity contribution in [3.8, 4) is 17.7 Å². The number of rotatable bonds is 7. The van der Waals surface area contributed by atoms with Gasteiger partial charge in [0.15, 0.2) is 0 Å². The molecule has 1 aromatic carbocycles. The summed E-state index contributed by atoms with van der Waals surface area (Å²) < 4.78 is 6.37. The molecule has 0 saturated carbocycles. The highest BCUT2D eigenvalue weighted by Crippen LogP contribution is 2.27. The summed E-state index contributed by atoms with van der Waals surface area (Å²) in [6.07, 6.45) is 1.48. The Kier molecular flexibility index (Phi) is 9.05. The van der Waals surface area contributed by atoms with E-state index in [2.05, 4.69) is 47.8 Å². The Hall–Kier alpha value is -2.92. The lowest BCUT2D eigenvalue weighted by atomic mass is 9.99. The van der Waals surface area contributed by atoms with E-state index in [1.165, 1.54) is 5.56 Å². The Morgan fingerprint density at radius 1 is 1.26 bits per heavy atom. The van der Waals surface area contributed by atoms with E-state index in [-0.39, 0.29) is 30.6 Å². The molecule has 1 aliphatic heterocycles. The molecule has 0 radical (unpaired) electrons. The molecule has 34 heavy (non-hydrogen) atoms. The summed E-state index contributed by atoms with van der Waals surface area (Å²) in [7, 11) is 5.98. The van der Waals surface area contributed by atoms with Gasteiger partial charge >= 0.3 is 0 Å². The van der Waals surface area contributed by atoms with Crippen molar-refractivity contribution in [1.29, 1.82) is 0 Å². The number of likely N-dealkylation sites (N-methyl/N-ethyl adjacent to an activating group) is 1. The molecule has 2 heterocycles. The quantitative estimate of drug-likeness (QED) is 0.635. The number of ether oxygens (including phenoxy) is 1. The minimum atomic E-state index is -0.313. The van der Waals surface area contributed by atoms with E-state index in [9.17, 15) is 9.90 Å². The van der Waals surface area contributed by atoms with E-state index >= 15 is 0 Å². The fraction of sp³-hybridized carbons (Fsp3) is 0.481. The van der Waals surface area contributed by atoms with Gasteiger partial charge in [0.25, 0.3) is 5.91 Å². The first-order valence-corrected chi connectivity index (χ1v) is 11.7. The number of hydrogen-bond acceptors (Lipinski definition) is 6. The number of carbonyl (C=O) groups is 1. The highest BCUT2D eigenvalue weighted by atomic mass is 16.5. The van der Waals surface area contributed by atoms with Gasteiger partial charge in [-0.1, -0.05) is 49.1 Å². The van der Waals surface area contributed by atoms with Gasteiger partial charge in [-0.15, -0.1) is 0 Å². The van der Waals surface area contributed by atoms with E-state index in [1.54, 1.807) is 17.2 Å². The number of amides is 1. The molecule has 1 N–H and O–H groups in total. The SMILES string of the molecule is C[C@H]1CN([C@@H](C)CO)C(=O)c2cc(C#CCN(C)C)cnc2O[C@H]1CN(C)Cc1ccccc1. The lowest BCUT2D eigenvalue weighted by Crippen LogP contribution is -2.49. The van der Waals surface area contributed by atoms with Crippen LogP contribution in [0.15, 0.2) is 42.6 Å². The van der Waals surface area contributed by atoms with E-state index in [0.29, 0.717) is 36.6 Å². The van der Waals surface area contributed by atoms with Crippen LogP contribution in [-0.2, 0) is 6.54 Å². The molecular weight excluding hydrogens is 428 g/mol. The minimum Gasteiger partial charge on any atom is -0.472 e. The molecule has 2 aromatic rings. The molecule has 1 amide bonds. The number of hydrogen-bond donors (Lipinski definition) is 1. The van der Waals surface area contributed by atoms with Crippen LogP contribution in [-0.4, -0.2) is 90.2 Å². The van der Waals surface area contributed by atoms with Crippen molar-refractivity contribution < 1.29 is 14.6 Å². The van der Waals surface area contributed by atoms with Crippen LogP contribution in [0.5, 0.6) is 5.88 Å². The zero-order chi connectivity index (χ0) is 24.7. The summed E-state index contributed by atoms with van der Waals surface area (Å²) >= 11 is 0. The summed E-state index contributed by atoms with van der Waals surface area (Å²) in [6, 6.07) is 11.8. The maximum atomic E-state index is 13.5. The Morgan fingerprint density at radius 2 is 2.00 bits per heavy atom. The van der Waals surface area contributed by atoms with E-state index < -0.39 is 0 Å². The number of nitrogens with zero attached hydrogens (tertiary/aromatic N) is 4. The van der Waals surface area contributed by atoms with Gasteiger partial charge in [-0.25, -0.2) is 4.98 Å². The second-order valence-corrected chi connectivity index (χ2v) is 9.42. The van der Waals surface area contributed by atoms with Crippen molar-refractivity contribution in [2.24, 2.45) is 5.92 Å². The molecule has 1 aliphatic rings. The molecular formula is C27H36N4O3. The minimum absolute atomic E-state index is 0.0469. The Labute approximate surface area is 203 Å². The summed E-state index contributed by atoms with van der Waals surface area (Å²) in [5.41, 5.74) is 2.29. The van der Waals surface area contributed by atoms with Crippen LogP contribution in [0.25, 0.3) is 0 Å². The van der Waals surface area contributed by atoms with Crippen LogP contribution in [0.1, 0.15) is 35.3 Å². The van der Waals surface area contributed by atoms with Crippen LogP contribution in [0.3, 0.4) is 0 Å². The van der Waals surface area contributed by atoms with Crippen molar-refractivity contribution in [3.05, 3.63) is 59.3 Å². The summed E-state index contributed by atoms with van der Waals surface area (Å²) in [5.74, 6) is 6.34. The molecule has 0 bridgehead atoms. The predicted octanol–water partition coefficient (Wildman–Crippen LogP) is 2.35. The van der Waals surface area contributed by atoms with Crippen LogP contribution in [0.4, 0.5) is 0 Å². The average molecular weight is 465 g/mol. The normalized spacial score (nSPS) is 19.1. The van der Waals surface area contributed by atoms with Crippen molar-refractivity contribution >= 4 is 5.91 Å². The average Bonchev–Trinajstić information content (AvgIpc) is 2.81. The first kappa shape index (κ1) is 25.7. The predicted molar refractivity (Wildman–Crippen MR) is 134 cm³/mol. The van der Waals surface area contributed by atoms with Gasteiger partial charge in [-0.3, -0.25) is 14.6 Å². The highest BCUT2D eigenvalue weighted by Gasteiger charge is 2.34. The number of aromatic nitrogens is 1. The van der Waals surface area contributed by atoms with Gasteiger partial charge in [0.05, 0.1) is 19.2 Å². The molecule has 1 aromatic heterocycles. The Bertz CT molecular complexity index is 1020. The van der Waals surface area contributed by atoms with Crippen molar-refractivity contribution in [3.63, 3.8) is 0 Å². The van der Waals surface area contributed by atoms with Crippen LogP contribution >= 0.6 is 0 Å². The lowest BCUT2D eigenvalue weighted by Gasteiger charge is -2.37. The number of aliphatic hydroxyl groups is 1. The standard InChI is InChI=1S/C27H36N4O3/c1-20-16-31(21(2)19-32)27(33)24-14-23(12-9-13-29(3)4)15-28-26(24)34-25(20)18-30(5)17-22-10-7-6-8-11-22/h6-8,10-11,14-15,20-21,25,32H,13,16-19H2,1-5H3/t20-,21-,25-/m0/s1. The second kappa shape index (κ2) is 12.0. The van der Waals surface area contributed by atoms with Crippen LogP contribution in [0, 0.1) is 17.8 Å². The Balaban J connectivity index is 1.89. The zero-order valence-corrected chi connectivity index (χ0v) is 20.9. The van der Waals surface area contributed by atoms with Crippen molar-refractivity contribution in [2.75, 3.05) is 47.4 Å².